The number of hydrogen-bond acceptors (Lipinski definition) is 3. The highest BCUT2D eigenvalue weighted by molar-refractivity contribution is 9.10. The number of aromatic carboxylic acids is 1. The molecule has 0 saturated heterocycles. The minimum atomic E-state index is -0.859. The van der Waals surface area contributed by atoms with Crippen LogP contribution < -0.4 is 5.32 Å². The standard InChI is InChI=1S/C13H12BrNO2S/c14-11-4-2-1-3-9(11)7-15-8-10-5-6-18-12(10)13(16)17/h1-6,15H,7-8H2,(H,16,17). The third kappa shape index (κ3) is 3.19. The molecule has 1 aromatic heterocycles. The molecule has 0 aliphatic carbocycles. The zero-order chi connectivity index (χ0) is 13.0. The Kier molecular flexibility index (Phi) is 4.52. The molecule has 0 fully saturated rings. The lowest BCUT2D eigenvalue weighted by Gasteiger charge is -2.06. The lowest BCUT2D eigenvalue weighted by atomic mass is 10.2. The SMILES string of the molecule is O=C(O)c1sccc1CNCc1ccccc1Br. The first-order valence-electron chi connectivity index (χ1n) is 5.42. The van der Waals surface area contributed by atoms with E-state index in [1.54, 1.807) is 5.38 Å². The van der Waals surface area contributed by atoms with Crippen LogP contribution in [0.15, 0.2) is 40.2 Å². The minimum Gasteiger partial charge on any atom is -0.477 e. The monoisotopic (exact) mass is 325 g/mol. The number of carbonyl (C=O) groups is 1. The molecule has 0 amide bonds. The van der Waals surface area contributed by atoms with Crippen LogP contribution in [0.25, 0.3) is 0 Å². The third-order valence-electron chi connectivity index (χ3n) is 2.53. The van der Waals surface area contributed by atoms with E-state index in [2.05, 4.69) is 21.2 Å². The van der Waals surface area contributed by atoms with Gasteiger partial charge in [-0.3, -0.25) is 0 Å². The van der Waals surface area contributed by atoms with Gasteiger partial charge in [0.05, 0.1) is 0 Å². The maximum atomic E-state index is 10.9. The molecule has 94 valence electrons. The van der Waals surface area contributed by atoms with Crippen LogP contribution in [-0.4, -0.2) is 11.1 Å². The fourth-order valence-corrected chi connectivity index (χ4v) is 2.82. The summed E-state index contributed by atoms with van der Waals surface area (Å²) in [7, 11) is 0. The van der Waals surface area contributed by atoms with Gasteiger partial charge in [0.2, 0.25) is 0 Å². The molecule has 18 heavy (non-hydrogen) atoms. The largest absolute Gasteiger partial charge is 0.477 e. The number of carboxylic acid groups (broad SMARTS) is 1. The summed E-state index contributed by atoms with van der Waals surface area (Å²) in [6.45, 7) is 1.27. The molecule has 2 aromatic rings. The average Bonchev–Trinajstić information content (AvgIpc) is 2.80. The van der Waals surface area contributed by atoms with E-state index in [1.807, 2.05) is 30.3 Å². The van der Waals surface area contributed by atoms with Gasteiger partial charge in [0.15, 0.2) is 0 Å². The molecule has 0 aliphatic heterocycles. The van der Waals surface area contributed by atoms with Gasteiger partial charge in [-0.15, -0.1) is 11.3 Å². The van der Waals surface area contributed by atoms with Gasteiger partial charge in [0.25, 0.3) is 0 Å². The molecule has 5 heteroatoms. The van der Waals surface area contributed by atoms with Crippen LogP contribution in [0.5, 0.6) is 0 Å². The molecule has 1 aromatic carbocycles. The van der Waals surface area contributed by atoms with Crippen molar-refractivity contribution in [2.24, 2.45) is 0 Å². The van der Waals surface area contributed by atoms with Crippen LogP contribution in [0.3, 0.4) is 0 Å². The van der Waals surface area contributed by atoms with E-state index in [1.165, 1.54) is 11.3 Å². The Morgan fingerprint density at radius 2 is 1.94 bits per heavy atom. The second-order valence-corrected chi connectivity index (χ2v) is 5.55. The number of halogens is 1. The van der Waals surface area contributed by atoms with Crippen LogP contribution in [-0.2, 0) is 13.1 Å². The van der Waals surface area contributed by atoms with E-state index in [4.69, 9.17) is 5.11 Å². The van der Waals surface area contributed by atoms with Gasteiger partial charge < -0.3 is 10.4 Å². The highest BCUT2D eigenvalue weighted by Gasteiger charge is 2.10. The molecule has 2 rings (SSSR count). The third-order valence-corrected chi connectivity index (χ3v) is 4.25. The second kappa shape index (κ2) is 6.13. The van der Waals surface area contributed by atoms with Crippen molar-refractivity contribution in [2.75, 3.05) is 0 Å². The Labute approximate surface area is 118 Å². The molecular formula is C13H12BrNO2S. The minimum absolute atomic E-state index is 0.412. The fourth-order valence-electron chi connectivity index (χ4n) is 1.64. The van der Waals surface area contributed by atoms with Gasteiger partial charge in [0, 0.05) is 17.6 Å². The molecule has 0 spiro atoms. The lowest BCUT2D eigenvalue weighted by Crippen LogP contribution is -2.14. The zero-order valence-corrected chi connectivity index (χ0v) is 11.9. The summed E-state index contributed by atoms with van der Waals surface area (Å²) in [4.78, 5) is 11.4. The molecule has 2 N–H and O–H groups in total. The van der Waals surface area contributed by atoms with Gasteiger partial charge in [-0.05, 0) is 28.6 Å². The van der Waals surface area contributed by atoms with Crippen molar-refractivity contribution in [1.29, 1.82) is 0 Å². The maximum absolute atomic E-state index is 10.9. The van der Waals surface area contributed by atoms with Crippen LogP contribution in [0, 0.1) is 0 Å². The van der Waals surface area contributed by atoms with E-state index < -0.39 is 5.97 Å². The van der Waals surface area contributed by atoms with Crippen molar-refractivity contribution < 1.29 is 9.90 Å². The number of nitrogens with one attached hydrogen (secondary N) is 1. The topological polar surface area (TPSA) is 49.3 Å². The smallest absolute Gasteiger partial charge is 0.346 e. The van der Waals surface area contributed by atoms with Crippen LogP contribution in [0.4, 0.5) is 0 Å². The van der Waals surface area contributed by atoms with Gasteiger partial charge in [-0.1, -0.05) is 34.1 Å². The highest BCUT2D eigenvalue weighted by atomic mass is 79.9. The normalized spacial score (nSPS) is 10.5. The molecule has 0 atom stereocenters. The van der Waals surface area contributed by atoms with Crippen LogP contribution in [0.1, 0.15) is 20.8 Å². The molecule has 1 heterocycles. The molecule has 0 radical (unpaired) electrons. The summed E-state index contributed by atoms with van der Waals surface area (Å²) in [5, 5.41) is 14.0. The predicted octanol–water partition coefficient (Wildman–Crippen LogP) is 3.50. The Hall–Kier alpha value is -1.17. The van der Waals surface area contributed by atoms with E-state index in [0.29, 0.717) is 18.0 Å². The van der Waals surface area contributed by atoms with Gasteiger partial charge in [-0.25, -0.2) is 4.79 Å². The maximum Gasteiger partial charge on any atom is 0.346 e. The number of hydrogen-bond donors (Lipinski definition) is 2. The van der Waals surface area contributed by atoms with Crippen molar-refractivity contribution in [3.63, 3.8) is 0 Å². The van der Waals surface area contributed by atoms with Crippen molar-refractivity contribution in [3.8, 4) is 0 Å². The number of thiophene rings is 1. The Bertz CT molecular complexity index is 553. The summed E-state index contributed by atoms with van der Waals surface area (Å²) in [6.07, 6.45) is 0. The first-order valence-corrected chi connectivity index (χ1v) is 7.09. The molecule has 0 bridgehead atoms. The quantitative estimate of drug-likeness (QED) is 0.884. The molecule has 3 nitrogen and oxygen atoms in total. The fraction of sp³-hybridized carbons (Fsp3) is 0.154. The van der Waals surface area contributed by atoms with E-state index in [-0.39, 0.29) is 0 Å². The van der Waals surface area contributed by atoms with Crippen LogP contribution in [0.2, 0.25) is 0 Å². The number of carboxylic acids is 1. The number of benzene rings is 1. The zero-order valence-electron chi connectivity index (χ0n) is 9.52. The second-order valence-electron chi connectivity index (χ2n) is 3.78. The average molecular weight is 326 g/mol. The van der Waals surface area contributed by atoms with Crippen molar-refractivity contribution in [1.82, 2.24) is 5.32 Å². The highest BCUT2D eigenvalue weighted by Crippen LogP contribution is 2.18. The summed E-state index contributed by atoms with van der Waals surface area (Å²) in [6, 6.07) is 9.82. The Morgan fingerprint density at radius 3 is 2.67 bits per heavy atom. The Morgan fingerprint density at radius 1 is 1.22 bits per heavy atom. The van der Waals surface area contributed by atoms with E-state index >= 15 is 0 Å². The van der Waals surface area contributed by atoms with Crippen LogP contribution >= 0.6 is 27.3 Å². The molecule has 0 unspecified atom stereocenters. The first-order chi connectivity index (χ1) is 8.68. The summed E-state index contributed by atoms with van der Waals surface area (Å²) >= 11 is 4.74. The summed E-state index contributed by atoms with van der Waals surface area (Å²) in [5.74, 6) is -0.859. The van der Waals surface area contributed by atoms with E-state index in [0.717, 1.165) is 15.6 Å². The van der Waals surface area contributed by atoms with Crippen molar-refractivity contribution in [3.05, 3.63) is 56.2 Å². The summed E-state index contributed by atoms with van der Waals surface area (Å²) < 4.78 is 1.06. The molecular weight excluding hydrogens is 314 g/mol. The van der Waals surface area contributed by atoms with E-state index in [9.17, 15) is 4.79 Å². The van der Waals surface area contributed by atoms with Gasteiger partial charge >= 0.3 is 5.97 Å². The first kappa shape index (κ1) is 13.3. The van der Waals surface area contributed by atoms with Gasteiger partial charge in [-0.2, -0.15) is 0 Å². The van der Waals surface area contributed by atoms with Crippen molar-refractivity contribution >= 4 is 33.2 Å². The van der Waals surface area contributed by atoms with Gasteiger partial charge in [0.1, 0.15) is 4.88 Å². The number of rotatable bonds is 5. The lowest BCUT2D eigenvalue weighted by molar-refractivity contribution is 0.0701. The molecule has 0 aliphatic rings. The molecule has 0 saturated carbocycles. The predicted molar refractivity (Wildman–Crippen MR) is 76.0 cm³/mol. The van der Waals surface area contributed by atoms with Crippen molar-refractivity contribution in [2.45, 2.75) is 13.1 Å². The summed E-state index contributed by atoms with van der Waals surface area (Å²) in [5.41, 5.74) is 1.99. The Balaban J connectivity index is 1.95.